The number of nitrogens with two attached hydrogens (primary N) is 2. The van der Waals surface area contributed by atoms with Crippen LogP contribution in [0.2, 0.25) is 0 Å². The Hall–Kier alpha value is -2.66. The van der Waals surface area contributed by atoms with Crippen molar-refractivity contribution in [2.45, 2.75) is 32.2 Å². The molecule has 0 atom stereocenters. The van der Waals surface area contributed by atoms with E-state index in [2.05, 4.69) is 5.32 Å². The molecule has 0 radical (unpaired) electrons. The van der Waals surface area contributed by atoms with Gasteiger partial charge in [0.15, 0.2) is 0 Å². The van der Waals surface area contributed by atoms with Crippen LogP contribution in [0, 0.1) is 0 Å². The molecule has 0 aliphatic heterocycles. The highest BCUT2D eigenvalue weighted by atomic mass is 16.2. The lowest BCUT2D eigenvalue weighted by molar-refractivity contribution is 0.0998. The van der Waals surface area contributed by atoms with E-state index in [0.29, 0.717) is 16.8 Å². The molecule has 126 valence electrons. The summed E-state index contributed by atoms with van der Waals surface area (Å²) in [6.07, 6.45) is 1.75. The molecule has 5 N–H and O–H groups in total. The molecule has 0 fully saturated rings. The minimum absolute atomic E-state index is 0.201. The van der Waals surface area contributed by atoms with Crippen molar-refractivity contribution in [1.29, 1.82) is 0 Å². The van der Waals surface area contributed by atoms with Crippen LogP contribution >= 0.6 is 0 Å². The van der Waals surface area contributed by atoms with Gasteiger partial charge in [-0.05, 0) is 68.7 Å². The van der Waals surface area contributed by atoms with Gasteiger partial charge in [-0.3, -0.25) is 9.59 Å². The fraction of sp³-hybridized carbons (Fsp3) is 0.263. The average Bonchev–Trinajstić information content (AvgIpc) is 2.53. The van der Waals surface area contributed by atoms with Crippen molar-refractivity contribution in [2.75, 3.05) is 5.32 Å². The van der Waals surface area contributed by atoms with Crippen molar-refractivity contribution in [3.05, 3.63) is 65.2 Å². The van der Waals surface area contributed by atoms with Crippen molar-refractivity contribution in [1.82, 2.24) is 0 Å². The number of aryl methyl sites for hydroxylation is 1. The monoisotopic (exact) mass is 325 g/mol. The highest BCUT2D eigenvalue weighted by Crippen LogP contribution is 2.14. The van der Waals surface area contributed by atoms with Gasteiger partial charge in [-0.2, -0.15) is 0 Å². The van der Waals surface area contributed by atoms with Crippen molar-refractivity contribution in [3.63, 3.8) is 0 Å². The Morgan fingerprint density at radius 1 is 0.958 bits per heavy atom. The highest BCUT2D eigenvalue weighted by molar-refractivity contribution is 6.04. The van der Waals surface area contributed by atoms with Crippen molar-refractivity contribution in [2.24, 2.45) is 11.5 Å². The van der Waals surface area contributed by atoms with E-state index < -0.39 is 5.91 Å². The quantitative estimate of drug-likeness (QED) is 0.761. The largest absolute Gasteiger partial charge is 0.366 e. The molecule has 0 saturated heterocycles. The average molecular weight is 325 g/mol. The van der Waals surface area contributed by atoms with Crippen molar-refractivity contribution >= 4 is 17.5 Å². The maximum absolute atomic E-state index is 12.2. The van der Waals surface area contributed by atoms with Gasteiger partial charge in [0.05, 0.1) is 0 Å². The molecular weight excluding hydrogens is 302 g/mol. The van der Waals surface area contributed by atoms with Gasteiger partial charge in [0, 0.05) is 22.4 Å². The van der Waals surface area contributed by atoms with E-state index in [1.165, 1.54) is 0 Å². The van der Waals surface area contributed by atoms with Gasteiger partial charge in [-0.15, -0.1) is 0 Å². The Balaban J connectivity index is 1.98. The third-order valence-electron chi connectivity index (χ3n) is 3.70. The summed E-state index contributed by atoms with van der Waals surface area (Å²) in [5.74, 6) is -0.698. The highest BCUT2D eigenvalue weighted by Gasteiger charge is 2.11. The number of rotatable bonds is 6. The number of carbonyl (C=O) groups excluding carboxylic acids is 2. The lowest BCUT2D eigenvalue weighted by atomic mass is 9.96. The Kier molecular flexibility index (Phi) is 5.36. The van der Waals surface area contributed by atoms with Gasteiger partial charge < -0.3 is 16.8 Å². The van der Waals surface area contributed by atoms with Gasteiger partial charge in [0.2, 0.25) is 5.91 Å². The molecule has 0 spiro atoms. The minimum atomic E-state index is -0.496. The third kappa shape index (κ3) is 5.21. The van der Waals surface area contributed by atoms with E-state index in [9.17, 15) is 9.59 Å². The third-order valence-corrected chi connectivity index (χ3v) is 3.70. The molecular formula is C19H23N3O2. The molecule has 0 bridgehead atoms. The lowest BCUT2D eigenvalue weighted by Crippen LogP contribution is -2.32. The summed E-state index contributed by atoms with van der Waals surface area (Å²) in [4.78, 5) is 23.3. The van der Waals surface area contributed by atoms with E-state index in [-0.39, 0.29) is 11.4 Å². The summed E-state index contributed by atoms with van der Waals surface area (Å²) in [7, 11) is 0. The molecule has 0 unspecified atom stereocenters. The Morgan fingerprint density at radius 3 is 2.00 bits per heavy atom. The minimum Gasteiger partial charge on any atom is -0.366 e. The van der Waals surface area contributed by atoms with Gasteiger partial charge in [-0.25, -0.2) is 0 Å². The second-order valence-electron chi connectivity index (χ2n) is 6.58. The number of primary amides is 1. The fourth-order valence-corrected chi connectivity index (χ4v) is 2.21. The Labute approximate surface area is 142 Å². The smallest absolute Gasteiger partial charge is 0.255 e. The zero-order chi connectivity index (χ0) is 17.7. The van der Waals surface area contributed by atoms with Crippen LogP contribution in [0.5, 0.6) is 0 Å². The van der Waals surface area contributed by atoms with E-state index in [1.807, 2.05) is 26.0 Å². The maximum atomic E-state index is 12.2. The summed E-state index contributed by atoms with van der Waals surface area (Å²) < 4.78 is 0. The first kappa shape index (κ1) is 17.7. The van der Waals surface area contributed by atoms with Gasteiger partial charge in [-0.1, -0.05) is 12.1 Å². The molecule has 5 nitrogen and oxygen atoms in total. The molecule has 0 saturated carbocycles. The normalized spacial score (nSPS) is 11.1. The Morgan fingerprint density at radius 2 is 1.50 bits per heavy atom. The number of anilines is 1. The van der Waals surface area contributed by atoms with E-state index in [1.54, 1.807) is 36.4 Å². The predicted molar refractivity (Wildman–Crippen MR) is 95.9 cm³/mol. The van der Waals surface area contributed by atoms with Crippen LogP contribution in [-0.2, 0) is 6.42 Å². The van der Waals surface area contributed by atoms with E-state index in [0.717, 1.165) is 18.4 Å². The molecule has 5 heteroatoms. The second kappa shape index (κ2) is 7.27. The number of carbonyl (C=O) groups is 2. The number of benzene rings is 2. The molecule has 0 heterocycles. The van der Waals surface area contributed by atoms with E-state index >= 15 is 0 Å². The SMILES string of the molecule is CC(C)(N)CCc1ccc(C(=O)Nc2ccc(C(N)=O)cc2)cc1. The topological polar surface area (TPSA) is 98.2 Å². The fourth-order valence-electron chi connectivity index (χ4n) is 2.21. The molecule has 24 heavy (non-hydrogen) atoms. The molecule has 0 aliphatic carbocycles. The number of nitrogens with one attached hydrogen (secondary N) is 1. The zero-order valence-electron chi connectivity index (χ0n) is 14.0. The van der Waals surface area contributed by atoms with Crippen LogP contribution < -0.4 is 16.8 Å². The Bertz CT molecular complexity index is 714. The summed E-state index contributed by atoms with van der Waals surface area (Å²) >= 11 is 0. The first-order valence-corrected chi connectivity index (χ1v) is 7.84. The second-order valence-corrected chi connectivity index (χ2v) is 6.58. The van der Waals surface area contributed by atoms with Crippen LogP contribution in [-0.4, -0.2) is 17.4 Å². The first-order chi connectivity index (χ1) is 11.2. The summed E-state index contributed by atoms with van der Waals surface area (Å²) in [5, 5.41) is 2.79. The maximum Gasteiger partial charge on any atom is 0.255 e. The number of hydrogen-bond donors (Lipinski definition) is 3. The van der Waals surface area contributed by atoms with E-state index in [4.69, 9.17) is 11.5 Å². The lowest BCUT2D eigenvalue weighted by Gasteiger charge is -2.18. The van der Waals surface area contributed by atoms with Crippen LogP contribution in [0.25, 0.3) is 0 Å². The summed E-state index contributed by atoms with van der Waals surface area (Å²) in [5.41, 5.74) is 13.7. The standard InChI is InChI=1S/C19H23N3O2/c1-19(2,21)12-11-13-3-5-15(6-4-13)18(24)22-16-9-7-14(8-10-16)17(20)23/h3-10H,11-12,21H2,1-2H3,(H2,20,23)(H,22,24). The van der Waals surface area contributed by atoms with Crippen molar-refractivity contribution < 1.29 is 9.59 Å². The summed E-state index contributed by atoms with van der Waals surface area (Å²) in [6.45, 7) is 4.00. The molecule has 2 rings (SSSR count). The van der Waals surface area contributed by atoms with Crippen LogP contribution in [0.1, 0.15) is 46.5 Å². The van der Waals surface area contributed by atoms with Crippen LogP contribution in [0.15, 0.2) is 48.5 Å². The first-order valence-electron chi connectivity index (χ1n) is 7.84. The zero-order valence-corrected chi connectivity index (χ0v) is 14.0. The van der Waals surface area contributed by atoms with Crippen LogP contribution in [0.3, 0.4) is 0 Å². The van der Waals surface area contributed by atoms with Gasteiger partial charge in [0.1, 0.15) is 0 Å². The molecule has 2 aromatic carbocycles. The van der Waals surface area contributed by atoms with Crippen LogP contribution in [0.4, 0.5) is 5.69 Å². The van der Waals surface area contributed by atoms with Crippen molar-refractivity contribution in [3.8, 4) is 0 Å². The van der Waals surface area contributed by atoms with Gasteiger partial charge >= 0.3 is 0 Å². The molecule has 2 amide bonds. The number of amides is 2. The molecule has 0 aliphatic rings. The predicted octanol–water partition coefficient (Wildman–Crippen LogP) is 2.71. The molecule has 2 aromatic rings. The van der Waals surface area contributed by atoms with Gasteiger partial charge in [0.25, 0.3) is 5.91 Å². The summed E-state index contributed by atoms with van der Waals surface area (Å²) in [6, 6.07) is 13.9. The number of hydrogen-bond acceptors (Lipinski definition) is 3. The molecule has 0 aromatic heterocycles.